The van der Waals surface area contributed by atoms with Crippen molar-refractivity contribution < 1.29 is 0 Å². The Labute approximate surface area is 131 Å². The summed E-state index contributed by atoms with van der Waals surface area (Å²) < 4.78 is 1.01. The lowest BCUT2D eigenvalue weighted by Gasteiger charge is -2.09. The molecule has 3 nitrogen and oxygen atoms in total. The van der Waals surface area contributed by atoms with E-state index in [0.29, 0.717) is 11.4 Å². The third kappa shape index (κ3) is 2.88. The molecule has 1 N–H and O–H groups in total. The smallest absolute Gasteiger partial charge is 0.132 e. The average Bonchev–Trinajstić information content (AvgIpc) is 2.45. The van der Waals surface area contributed by atoms with Gasteiger partial charge in [-0.05, 0) is 42.8 Å². The Morgan fingerprint density at radius 2 is 1.95 bits per heavy atom. The van der Waals surface area contributed by atoms with Gasteiger partial charge >= 0.3 is 0 Å². The van der Waals surface area contributed by atoms with Crippen molar-refractivity contribution >= 4 is 38.3 Å². The van der Waals surface area contributed by atoms with E-state index in [1.165, 1.54) is 0 Å². The molecule has 0 bridgehead atoms. The molecule has 102 valence electrons. The average molecular weight is 338 g/mol. The van der Waals surface area contributed by atoms with E-state index in [-0.39, 0.29) is 0 Å². The van der Waals surface area contributed by atoms with Gasteiger partial charge in [-0.1, -0.05) is 34.1 Å². The number of nitrogens with one attached hydrogen (secondary N) is 1. The van der Waals surface area contributed by atoms with Gasteiger partial charge in [-0.3, -0.25) is 0 Å². The molecule has 0 saturated carbocycles. The predicted molar refractivity (Wildman–Crippen MR) is 88.6 cm³/mol. The molecule has 21 heavy (non-hydrogen) atoms. The third-order valence-electron chi connectivity index (χ3n) is 3.15. The number of nitriles is 1. The SMILES string of the molecule is Cc1cc(Br)cc(Nc2cc(C#N)c3ccccc3n2)c1. The first-order chi connectivity index (χ1) is 10.2. The minimum Gasteiger partial charge on any atom is -0.340 e. The van der Waals surface area contributed by atoms with E-state index in [0.717, 1.165) is 26.6 Å². The molecule has 4 heteroatoms. The van der Waals surface area contributed by atoms with E-state index in [2.05, 4.69) is 32.3 Å². The molecule has 0 aliphatic rings. The first-order valence-corrected chi connectivity index (χ1v) is 7.29. The van der Waals surface area contributed by atoms with Crippen molar-refractivity contribution in [1.82, 2.24) is 4.98 Å². The fourth-order valence-corrected chi connectivity index (χ4v) is 2.90. The number of rotatable bonds is 2. The van der Waals surface area contributed by atoms with Crippen LogP contribution in [0.4, 0.5) is 11.5 Å². The highest BCUT2D eigenvalue weighted by Crippen LogP contribution is 2.25. The van der Waals surface area contributed by atoms with Crippen molar-refractivity contribution in [2.24, 2.45) is 0 Å². The van der Waals surface area contributed by atoms with Gasteiger partial charge in [0, 0.05) is 15.5 Å². The largest absolute Gasteiger partial charge is 0.340 e. The van der Waals surface area contributed by atoms with Crippen LogP contribution >= 0.6 is 15.9 Å². The van der Waals surface area contributed by atoms with Crippen molar-refractivity contribution in [3.05, 3.63) is 64.1 Å². The van der Waals surface area contributed by atoms with E-state index in [1.54, 1.807) is 6.07 Å². The second-order valence-corrected chi connectivity index (χ2v) is 5.74. The summed E-state index contributed by atoms with van der Waals surface area (Å²) in [4.78, 5) is 4.56. The van der Waals surface area contributed by atoms with Gasteiger partial charge in [-0.2, -0.15) is 5.26 Å². The summed E-state index contributed by atoms with van der Waals surface area (Å²) in [6.07, 6.45) is 0. The standard InChI is InChI=1S/C17H12BrN3/c1-11-6-13(18)9-14(7-11)20-17-8-12(10-19)15-4-2-3-5-16(15)21-17/h2-9H,1H3,(H,20,21). The molecule has 1 heterocycles. The van der Waals surface area contributed by atoms with Gasteiger partial charge in [-0.25, -0.2) is 4.98 Å². The van der Waals surface area contributed by atoms with Crippen molar-refractivity contribution in [2.45, 2.75) is 6.92 Å². The van der Waals surface area contributed by atoms with Gasteiger partial charge in [0.2, 0.25) is 0 Å². The number of anilines is 2. The first-order valence-electron chi connectivity index (χ1n) is 6.50. The summed E-state index contributed by atoms with van der Waals surface area (Å²) in [6, 6.07) is 17.7. The molecule has 0 saturated heterocycles. The molecule has 0 aliphatic heterocycles. The van der Waals surface area contributed by atoms with E-state index < -0.39 is 0 Å². The number of para-hydroxylation sites is 1. The summed E-state index contributed by atoms with van der Waals surface area (Å²) in [6.45, 7) is 2.03. The molecule has 3 aromatic rings. The van der Waals surface area contributed by atoms with Gasteiger partial charge in [0.1, 0.15) is 5.82 Å². The second-order valence-electron chi connectivity index (χ2n) is 4.83. The highest BCUT2D eigenvalue weighted by molar-refractivity contribution is 9.10. The minimum atomic E-state index is 0.620. The van der Waals surface area contributed by atoms with Gasteiger partial charge in [0.15, 0.2) is 0 Å². The molecule has 1 aromatic heterocycles. The quantitative estimate of drug-likeness (QED) is 0.721. The van der Waals surface area contributed by atoms with Crippen LogP contribution in [0.1, 0.15) is 11.1 Å². The Kier molecular flexibility index (Phi) is 3.59. The zero-order valence-corrected chi connectivity index (χ0v) is 13.0. The van der Waals surface area contributed by atoms with E-state index in [1.807, 2.05) is 49.4 Å². The molecule has 0 aliphatic carbocycles. The van der Waals surface area contributed by atoms with Crippen molar-refractivity contribution in [2.75, 3.05) is 5.32 Å². The molecule has 0 radical (unpaired) electrons. The summed E-state index contributed by atoms with van der Waals surface area (Å²) >= 11 is 3.48. The highest BCUT2D eigenvalue weighted by Gasteiger charge is 2.06. The summed E-state index contributed by atoms with van der Waals surface area (Å²) in [7, 11) is 0. The molecule has 0 unspecified atom stereocenters. The van der Waals surface area contributed by atoms with Crippen LogP contribution in [0, 0.1) is 18.3 Å². The number of nitrogens with zero attached hydrogens (tertiary/aromatic N) is 2. The molecule has 0 fully saturated rings. The first kappa shape index (κ1) is 13.6. The van der Waals surface area contributed by atoms with Gasteiger partial charge in [-0.15, -0.1) is 0 Å². The fraction of sp³-hybridized carbons (Fsp3) is 0.0588. The highest BCUT2D eigenvalue weighted by atomic mass is 79.9. The number of aromatic nitrogens is 1. The van der Waals surface area contributed by atoms with Crippen LogP contribution in [0.5, 0.6) is 0 Å². The molecule has 2 aromatic carbocycles. The lowest BCUT2D eigenvalue weighted by Crippen LogP contribution is -1.96. The van der Waals surface area contributed by atoms with Crippen LogP contribution in [0.25, 0.3) is 10.9 Å². The molecule has 3 rings (SSSR count). The minimum absolute atomic E-state index is 0.620. The Morgan fingerprint density at radius 1 is 1.14 bits per heavy atom. The predicted octanol–water partition coefficient (Wildman–Crippen LogP) is 4.92. The summed E-state index contributed by atoms with van der Waals surface area (Å²) in [5, 5.41) is 13.4. The van der Waals surface area contributed by atoms with E-state index >= 15 is 0 Å². The third-order valence-corrected chi connectivity index (χ3v) is 3.61. The summed E-state index contributed by atoms with van der Waals surface area (Å²) in [5.74, 6) is 0.669. The van der Waals surface area contributed by atoms with Gasteiger partial charge in [0.25, 0.3) is 0 Å². The number of benzene rings is 2. The molecule has 0 spiro atoms. The number of hydrogen-bond acceptors (Lipinski definition) is 3. The Bertz CT molecular complexity index is 845. The maximum absolute atomic E-state index is 9.30. The summed E-state index contributed by atoms with van der Waals surface area (Å²) in [5.41, 5.74) is 3.52. The van der Waals surface area contributed by atoms with E-state index in [4.69, 9.17) is 0 Å². The lowest BCUT2D eigenvalue weighted by molar-refractivity contribution is 1.34. The second kappa shape index (κ2) is 5.55. The van der Waals surface area contributed by atoms with Gasteiger partial charge in [0.05, 0.1) is 17.1 Å². The normalized spacial score (nSPS) is 10.3. The maximum atomic E-state index is 9.30. The van der Waals surface area contributed by atoms with Crippen LogP contribution < -0.4 is 5.32 Å². The Morgan fingerprint density at radius 3 is 2.71 bits per heavy atom. The number of aryl methyl sites for hydroxylation is 1. The van der Waals surface area contributed by atoms with Crippen LogP contribution in [-0.4, -0.2) is 4.98 Å². The zero-order chi connectivity index (χ0) is 14.8. The van der Waals surface area contributed by atoms with Crippen LogP contribution in [0.2, 0.25) is 0 Å². The molecular formula is C17H12BrN3. The van der Waals surface area contributed by atoms with Crippen LogP contribution in [-0.2, 0) is 0 Å². The number of halogens is 1. The fourth-order valence-electron chi connectivity index (χ4n) is 2.29. The lowest BCUT2D eigenvalue weighted by atomic mass is 10.1. The van der Waals surface area contributed by atoms with Crippen molar-refractivity contribution in [3.8, 4) is 6.07 Å². The van der Waals surface area contributed by atoms with Crippen LogP contribution in [0.15, 0.2) is 53.0 Å². The van der Waals surface area contributed by atoms with Crippen molar-refractivity contribution in [3.63, 3.8) is 0 Å². The van der Waals surface area contributed by atoms with E-state index in [9.17, 15) is 5.26 Å². The molecular weight excluding hydrogens is 326 g/mol. The topological polar surface area (TPSA) is 48.7 Å². The number of hydrogen-bond donors (Lipinski definition) is 1. The molecule has 0 amide bonds. The Hall–Kier alpha value is -2.38. The van der Waals surface area contributed by atoms with Gasteiger partial charge < -0.3 is 5.32 Å². The molecule has 0 atom stereocenters. The number of pyridine rings is 1. The zero-order valence-electron chi connectivity index (χ0n) is 11.4. The van der Waals surface area contributed by atoms with Crippen LogP contribution in [0.3, 0.4) is 0 Å². The Balaban J connectivity index is 2.07. The number of fused-ring (bicyclic) bond motifs is 1. The van der Waals surface area contributed by atoms with Crippen molar-refractivity contribution in [1.29, 1.82) is 5.26 Å². The monoisotopic (exact) mass is 337 g/mol. The maximum Gasteiger partial charge on any atom is 0.132 e.